The van der Waals surface area contributed by atoms with E-state index in [1.807, 2.05) is 48.4 Å². The van der Waals surface area contributed by atoms with Crippen molar-refractivity contribution in [1.29, 1.82) is 0 Å². The largest absolute Gasteiger partial charge is 0.340 e. The second-order valence-electron chi connectivity index (χ2n) is 9.96. The zero-order valence-corrected chi connectivity index (χ0v) is 20.6. The number of nitrogens with zero attached hydrogens (tertiary/aromatic N) is 5. The summed E-state index contributed by atoms with van der Waals surface area (Å²) in [7, 11) is 0. The molecule has 8 nitrogen and oxygen atoms in total. The van der Waals surface area contributed by atoms with E-state index in [4.69, 9.17) is 0 Å². The highest BCUT2D eigenvalue weighted by molar-refractivity contribution is 5.83. The maximum Gasteiger partial charge on any atom is 0.222 e. The summed E-state index contributed by atoms with van der Waals surface area (Å²) in [6, 6.07) is 16.3. The van der Waals surface area contributed by atoms with Crippen LogP contribution < -0.4 is 5.32 Å². The molecule has 2 N–H and O–H groups in total. The highest BCUT2D eigenvalue weighted by atomic mass is 16.2. The first kappa shape index (κ1) is 22.7. The maximum absolute atomic E-state index is 12.4. The summed E-state index contributed by atoms with van der Waals surface area (Å²) >= 11 is 0. The molecule has 1 saturated heterocycles. The fourth-order valence-electron chi connectivity index (χ4n) is 4.81. The van der Waals surface area contributed by atoms with Gasteiger partial charge in [-0.15, -0.1) is 0 Å². The number of fused-ring (bicyclic) bond motifs is 1. The maximum atomic E-state index is 12.4. The Bertz CT molecular complexity index is 1390. The Morgan fingerprint density at radius 1 is 1.06 bits per heavy atom. The lowest BCUT2D eigenvalue weighted by molar-refractivity contribution is -0.133. The summed E-state index contributed by atoms with van der Waals surface area (Å²) in [5.41, 5.74) is 6.02. The molecule has 0 bridgehead atoms. The summed E-state index contributed by atoms with van der Waals surface area (Å²) in [6.45, 7) is 6.29. The van der Waals surface area contributed by atoms with Crippen molar-refractivity contribution in [3.8, 4) is 11.3 Å². The average Bonchev–Trinajstić information content (AvgIpc) is 3.60. The topological polar surface area (TPSA) is 90.0 Å². The van der Waals surface area contributed by atoms with Gasteiger partial charge < -0.3 is 15.2 Å². The molecule has 1 amide bonds. The van der Waals surface area contributed by atoms with Gasteiger partial charge in [0.05, 0.1) is 16.7 Å². The first-order valence-electron chi connectivity index (χ1n) is 12.7. The lowest BCUT2D eigenvalue weighted by atomic mass is 10.1. The van der Waals surface area contributed by atoms with E-state index in [0.29, 0.717) is 17.8 Å². The van der Waals surface area contributed by atoms with Crippen LogP contribution in [0.25, 0.3) is 22.3 Å². The van der Waals surface area contributed by atoms with E-state index >= 15 is 0 Å². The van der Waals surface area contributed by atoms with Crippen LogP contribution in [-0.4, -0.2) is 61.8 Å². The van der Waals surface area contributed by atoms with E-state index in [1.165, 1.54) is 18.4 Å². The van der Waals surface area contributed by atoms with Crippen molar-refractivity contribution in [3.63, 3.8) is 0 Å². The fourth-order valence-corrected chi connectivity index (χ4v) is 4.81. The highest BCUT2D eigenvalue weighted by Crippen LogP contribution is 2.33. The molecule has 184 valence electrons. The smallest absolute Gasteiger partial charge is 0.222 e. The van der Waals surface area contributed by atoms with Gasteiger partial charge in [0.15, 0.2) is 0 Å². The number of imidazole rings is 1. The lowest BCUT2D eigenvalue weighted by Gasteiger charge is -2.34. The zero-order chi connectivity index (χ0) is 24.5. The van der Waals surface area contributed by atoms with Crippen LogP contribution in [0.3, 0.4) is 0 Å². The molecule has 1 aliphatic heterocycles. The average molecular weight is 482 g/mol. The van der Waals surface area contributed by atoms with Crippen LogP contribution >= 0.6 is 0 Å². The van der Waals surface area contributed by atoms with Gasteiger partial charge in [-0.3, -0.25) is 14.7 Å². The Morgan fingerprint density at radius 2 is 1.92 bits per heavy atom. The zero-order valence-electron chi connectivity index (χ0n) is 20.6. The monoisotopic (exact) mass is 481 g/mol. The second kappa shape index (κ2) is 9.70. The molecule has 1 aromatic carbocycles. The number of carbonyl (C=O) groups excluding carboxylic acids is 1. The van der Waals surface area contributed by atoms with Crippen LogP contribution in [0.15, 0.2) is 54.7 Å². The van der Waals surface area contributed by atoms with Crippen LogP contribution in [0.5, 0.6) is 0 Å². The molecular formula is C28H31N7O. The molecule has 3 aromatic heterocycles. The molecule has 8 heteroatoms. The molecule has 36 heavy (non-hydrogen) atoms. The number of rotatable bonds is 7. The predicted octanol–water partition coefficient (Wildman–Crippen LogP) is 4.52. The summed E-state index contributed by atoms with van der Waals surface area (Å²) in [4.78, 5) is 34.0. The number of amides is 1. The van der Waals surface area contributed by atoms with Crippen molar-refractivity contribution in [1.82, 2.24) is 29.7 Å². The molecular weight excluding hydrogens is 450 g/mol. The van der Waals surface area contributed by atoms with Gasteiger partial charge in [-0.2, -0.15) is 0 Å². The number of piperazine rings is 1. The lowest BCUT2D eigenvalue weighted by Crippen LogP contribution is -2.48. The van der Waals surface area contributed by atoms with Crippen molar-refractivity contribution < 1.29 is 4.79 Å². The van der Waals surface area contributed by atoms with Crippen LogP contribution in [0.2, 0.25) is 0 Å². The minimum atomic E-state index is 0.334. The Hall–Kier alpha value is -3.78. The highest BCUT2D eigenvalue weighted by Gasteiger charge is 2.28. The molecule has 0 spiro atoms. The third-order valence-electron chi connectivity index (χ3n) is 7.03. The number of H-pyrrole nitrogens is 1. The second-order valence-corrected chi connectivity index (χ2v) is 9.96. The number of carbonyl (C=O) groups is 1. The van der Waals surface area contributed by atoms with E-state index in [-0.39, 0.29) is 0 Å². The third-order valence-corrected chi connectivity index (χ3v) is 7.03. The molecule has 0 unspecified atom stereocenters. The van der Waals surface area contributed by atoms with Crippen LogP contribution in [0.1, 0.15) is 30.5 Å². The summed E-state index contributed by atoms with van der Waals surface area (Å²) in [6.07, 6.45) is 5.02. The van der Waals surface area contributed by atoms with E-state index in [1.54, 1.807) is 0 Å². The number of nitrogens with one attached hydrogen (secondary N) is 2. The molecule has 2 fully saturated rings. The van der Waals surface area contributed by atoms with E-state index in [0.717, 1.165) is 72.9 Å². The predicted molar refractivity (Wildman–Crippen MR) is 141 cm³/mol. The number of benzene rings is 1. The summed E-state index contributed by atoms with van der Waals surface area (Å²) in [5.74, 6) is 2.40. The normalized spacial score (nSPS) is 16.4. The molecule has 2 aliphatic rings. The molecule has 1 saturated carbocycles. The Kier molecular flexibility index (Phi) is 6.11. The number of hydrogen-bond acceptors (Lipinski definition) is 6. The van der Waals surface area contributed by atoms with Gasteiger partial charge in [-0.05, 0) is 67.6 Å². The molecule has 0 radical (unpaired) electrons. The molecule has 1 aliphatic carbocycles. The van der Waals surface area contributed by atoms with Crippen molar-refractivity contribution in [3.05, 3.63) is 66.0 Å². The van der Waals surface area contributed by atoms with Crippen molar-refractivity contribution in [2.24, 2.45) is 5.92 Å². The van der Waals surface area contributed by atoms with Gasteiger partial charge in [-0.1, -0.05) is 12.1 Å². The van der Waals surface area contributed by atoms with Crippen LogP contribution in [0, 0.1) is 12.8 Å². The van der Waals surface area contributed by atoms with Gasteiger partial charge in [-0.25, -0.2) is 9.97 Å². The molecule has 0 atom stereocenters. The van der Waals surface area contributed by atoms with Crippen molar-refractivity contribution in [2.45, 2.75) is 32.7 Å². The number of aryl methyl sites for hydroxylation is 1. The summed E-state index contributed by atoms with van der Waals surface area (Å²) < 4.78 is 0. The van der Waals surface area contributed by atoms with Crippen LogP contribution in [-0.2, 0) is 11.3 Å². The quantitative estimate of drug-likeness (QED) is 0.404. The molecule has 6 rings (SSSR count). The third kappa shape index (κ3) is 5.23. The number of anilines is 2. The first-order valence-corrected chi connectivity index (χ1v) is 12.7. The Morgan fingerprint density at radius 3 is 2.72 bits per heavy atom. The Labute approximate surface area is 210 Å². The fraction of sp³-hybridized carbons (Fsp3) is 0.357. The summed E-state index contributed by atoms with van der Waals surface area (Å²) in [5, 5.41) is 3.32. The molecule has 4 heterocycles. The van der Waals surface area contributed by atoms with E-state index < -0.39 is 0 Å². The van der Waals surface area contributed by atoms with E-state index in [9.17, 15) is 4.79 Å². The van der Waals surface area contributed by atoms with Gasteiger partial charge >= 0.3 is 0 Å². The number of pyridine rings is 2. The standard InChI is InChI=1S/C28H31N7O/c1-19-3-2-4-23(30-19)22-7-8-24-25(17-22)32-28(31-24)33-26-15-21(9-10-29-26)18-34-11-13-35(14-12-34)27(36)16-20-5-6-20/h2-4,7-10,15,17,20H,5-6,11-14,16,18H2,1H3,(H2,29,31,32,33). The van der Waals surface area contributed by atoms with Crippen molar-refractivity contribution in [2.75, 3.05) is 31.5 Å². The number of aromatic amines is 1. The number of aromatic nitrogens is 4. The SMILES string of the molecule is Cc1cccc(-c2ccc3nc(Nc4cc(CN5CCN(C(=O)CC6CC6)CC5)ccn4)[nH]c3c2)n1. The minimum absolute atomic E-state index is 0.334. The van der Waals surface area contributed by atoms with Gasteiger partial charge in [0.2, 0.25) is 11.9 Å². The van der Waals surface area contributed by atoms with Gasteiger partial charge in [0, 0.05) is 56.6 Å². The van der Waals surface area contributed by atoms with Crippen LogP contribution in [0.4, 0.5) is 11.8 Å². The first-order chi connectivity index (χ1) is 17.6. The molecule has 4 aromatic rings. The number of hydrogen-bond donors (Lipinski definition) is 2. The van der Waals surface area contributed by atoms with E-state index in [2.05, 4.69) is 48.4 Å². The van der Waals surface area contributed by atoms with Gasteiger partial charge in [0.1, 0.15) is 5.82 Å². The van der Waals surface area contributed by atoms with Crippen molar-refractivity contribution >= 4 is 28.7 Å². The Balaban J connectivity index is 1.09. The minimum Gasteiger partial charge on any atom is -0.340 e. The van der Waals surface area contributed by atoms with Gasteiger partial charge in [0.25, 0.3) is 0 Å².